The summed E-state index contributed by atoms with van der Waals surface area (Å²) >= 11 is 1.61. The first-order valence-corrected chi connectivity index (χ1v) is 7.95. The molecule has 1 heterocycles. The van der Waals surface area contributed by atoms with Crippen molar-refractivity contribution in [2.75, 3.05) is 33.3 Å². The minimum atomic E-state index is 0.721. The third kappa shape index (κ3) is 5.02. The van der Waals surface area contributed by atoms with E-state index in [-0.39, 0.29) is 0 Å². The van der Waals surface area contributed by atoms with Crippen LogP contribution >= 0.6 is 11.8 Å². The average molecular weight is 305 g/mol. The molecule has 1 aromatic rings. The van der Waals surface area contributed by atoms with Crippen molar-refractivity contribution in [1.29, 1.82) is 0 Å². The lowest BCUT2D eigenvalue weighted by Crippen LogP contribution is -2.42. The van der Waals surface area contributed by atoms with Gasteiger partial charge in [-0.2, -0.15) is 0 Å². The van der Waals surface area contributed by atoms with Gasteiger partial charge in [0.1, 0.15) is 5.75 Å². The summed E-state index contributed by atoms with van der Waals surface area (Å²) in [5.74, 6) is 0.859. The molecule has 114 valence electrons. The van der Waals surface area contributed by atoms with Gasteiger partial charge in [-0.15, -0.1) is 0 Å². The van der Waals surface area contributed by atoms with Crippen molar-refractivity contribution >= 4 is 11.8 Å². The van der Waals surface area contributed by atoms with Crippen molar-refractivity contribution in [2.45, 2.75) is 6.42 Å². The summed E-state index contributed by atoms with van der Waals surface area (Å²) in [6, 6.07) is 7.98. The molecule has 0 saturated carbocycles. The first-order chi connectivity index (χ1) is 10.2. The highest BCUT2D eigenvalue weighted by Crippen LogP contribution is 2.22. The second-order valence-electron chi connectivity index (χ2n) is 4.97. The first-order valence-electron chi connectivity index (χ1n) is 7.07. The average Bonchev–Trinajstić information content (AvgIpc) is 2.53. The van der Waals surface area contributed by atoms with Crippen LogP contribution in [0.15, 0.2) is 47.0 Å². The van der Waals surface area contributed by atoms with Gasteiger partial charge in [-0.05, 0) is 23.1 Å². The highest BCUT2D eigenvalue weighted by atomic mass is 32.2. The lowest BCUT2D eigenvalue weighted by atomic mass is 10.1. The molecule has 0 spiro atoms. The number of methoxy groups -OCH3 is 1. The summed E-state index contributed by atoms with van der Waals surface area (Å²) in [5, 5.41) is 6.38. The quantitative estimate of drug-likeness (QED) is 0.843. The van der Waals surface area contributed by atoms with Crippen LogP contribution in [0.5, 0.6) is 5.75 Å². The number of thioether (sulfide) groups is 1. The molecular weight excluding hydrogens is 282 g/mol. The van der Waals surface area contributed by atoms with Gasteiger partial charge in [0.15, 0.2) is 0 Å². The second kappa shape index (κ2) is 8.00. The topological polar surface area (TPSA) is 50.5 Å². The predicted molar refractivity (Wildman–Crippen MR) is 90.1 cm³/mol. The van der Waals surface area contributed by atoms with Crippen molar-refractivity contribution in [2.24, 2.45) is 5.73 Å². The molecule has 21 heavy (non-hydrogen) atoms. The standard InChI is InChI=1S/C16H23N3OS/c1-13(19-8-6-18-7-9-19)21-12-15(17)10-14-4-3-5-16(11-14)20-2/h3-5,11-12,18H,1,6-10,17H2,2H3/b15-12-. The lowest BCUT2D eigenvalue weighted by Gasteiger charge is -2.29. The highest BCUT2D eigenvalue weighted by Gasteiger charge is 2.10. The molecule has 1 aliphatic heterocycles. The smallest absolute Gasteiger partial charge is 0.119 e. The third-order valence-corrected chi connectivity index (χ3v) is 4.31. The van der Waals surface area contributed by atoms with Gasteiger partial charge in [-0.1, -0.05) is 30.5 Å². The van der Waals surface area contributed by atoms with Crippen molar-refractivity contribution in [3.63, 3.8) is 0 Å². The van der Waals surface area contributed by atoms with E-state index in [0.29, 0.717) is 0 Å². The SMILES string of the molecule is C=C(S/C=C(\N)Cc1cccc(OC)c1)N1CCNCC1. The van der Waals surface area contributed by atoms with Crippen molar-refractivity contribution < 1.29 is 4.74 Å². The maximum Gasteiger partial charge on any atom is 0.119 e. The number of ether oxygens (including phenoxy) is 1. The lowest BCUT2D eigenvalue weighted by molar-refractivity contribution is 0.318. The summed E-state index contributed by atoms with van der Waals surface area (Å²) in [5.41, 5.74) is 8.09. The molecule has 4 nitrogen and oxygen atoms in total. The zero-order valence-electron chi connectivity index (χ0n) is 12.5. The fourth-order valence-electron chi connectivity index (χ4n) is 2.19. The molecule has 0 bridgehead atoms. The Kier molecular flexibility index (Phi) is 6.02. The van der Waals surface area contributed by atoms with Gasteiger partial charge >= 0.3 is 0 Å². The Labute approximate surface area is 131 Å². The van der Waals surface area contributed by atoms with Crippen molar-refractivity contribution in [3.8, 4) is 5.75 Å². The largest absolute Gasteiger partial charge is 0.497 e. The maximum atomic E-state index is 6.10. The van der Waals surface area contributed by atoms with E-state index in [1.165, 1.54) is 0 Å². The second-order valence-corrected chi connectivity index (χ2v) is 5.91. The van der Waals surface area contributed by atoms with Gasteiger partial charge in [0.05, 0.1) is 12.1 Å². The molecule has 3 N–H and O–H groups in total. The molecule has 1 aromatic carbocycles. The van der Waals surface area contributed by atoms with Gasteiger partial charge < -0.3 is 20.7 Å². The van der Waals surface area contributed by atoms with Gasteiger partial charge in [-0.3, -0.25) is 0 Å². The summed E-state index contributed by atoms with van der Waals surface area (Å²) in [6.45, 7) is 8.18. The third-order valence-electron chi connectivity index (χ3n) is 3.36. The van der Waals surface area contributed by atoms with E-state index >= 15 is 0 Å². The summed E-state index contributed by atoms with van der Waals surface area (Å²) in [6.07, 6.45) is 0.721. The summed E-state index contributed by atoms with van der Waals surface area (Å²) < 4.78 is 5.22. The van der Waals surface area contributed by atoms with E-state index in [9.17, 15) is 0 Å². The minimum Gasteiger partial charge on any atom is -0.497 e. The van der Waals surface area contributed by atoms with Crippen LogP contribution in [0.1, 0.15) is 5.56 Å². The number of nitrogens with two attached hydrogens (primary N) is 1. The molecule has 0 unspecified atom stereocenters. The van der Waals surface area contributed by atoms with Crippen LogP contribution in [-0.2, 0) is 6.42 Å². The molecular formula is C16H23N3OS. The molecule has 0 aromatic heterocycles. The van der Waals surface area contributed by atoms with Crippen LogP contribution in [0, 0.1) is 0 Å². The number of nitrogens with zero attached hydrogens (tertiary/aromatic N) is 1. The Morgan fingerprint density at radius 3 is 2.95 bits per heavy atom. The number of benzene rings is 1. The Hall–Kier alpha value is -1.59. The van der Waals surface area contributed by atoms with E-state index in [1.54, 1.807) is 18.9 Å². The van der Waals surface area contributed by atoms with E-state index in [4.69, 9.17) is 10.5 Å². The zero-order chi connectivity index (χ0) is 15.1. The minimum absolute atomic E-state index is 0.721. The number of nitrogens with one attached hydrogen (secondary N) is 1. The molecule has 5 heteroatoms. The van der Waals surface area contributed by atoms with E-state index < -0.39 is 0 Å². The summed E-state index contributed by atoms with van der Waals surface area (Å²) in [4.78, 5) is 2.29. The number of rotatable bonds is 6. The van der Waals surface area contributed by atoms with Crippen LogP contribution in [0.25, 0.3) is 0 Å². The molecule has 0 radical (unpaired) electrons. The zero-order valence-corrected chi connectivity index (χ0v) is 13.3. The molecule has 0 amide bonds. The first kappa shape index (κ1) is 15.8. The number of allylic oxidation sites excluding steroid dienone is 1. The monoisotopic (exact) mass is 305 g/mol. The number of hydrogen-bond donors (Lipinski definition) is 2. The molecule has 1 saturated heterocycles. The predicted octanol–water partition coefficient (Wildman–Crippen LogP) is 2.15. The van der Waals surface area contributed by atoms with Crippen molar-refractivity contribution in [3.05, 3.63) is 52.5 Å². The number of piperazine rings is 1. The van der Waals surface area contributed by atoms with E-state index in [0.717, 1.165) is 54.6 Å². The Morgan fingerprint density at radius 2 is 2.24 bits per heavy atom. The van der Waals surface area contributed by atoms with Gasteiger partial charge in [-0.25, -0.2) is 0 Å². The molecule has 0 atom stereocenters. The van der Waals surface area contributed by atoms with Crippen LogP contribution in [0.3, 0.4) is 0 Å². The van der Waals surface area contributed by atoms with Gasteiger partial charge in [0.2, 0.25) is 0 Å². The normalized spacial score (nSPS) is 15.9. The number of hydrogen-bond acceptors (Lipinski definition) is 5. The van der Waals surface area contributed by atoms with Crippen LogP contribution in [0.2, 0.25) is 0 Å². The van der Waals surface area contributed by atoms with Crippen LogP contribution in [0.4, 0.5) is 0 Å². The highest BCUT2D eigenvalue weighted by molar-refractivity contribution is 8.05. The molecule has 0 aliphatic carbocycles. The molecule has 1 aliphatic rings. The fraction of sp³-hybridized carbons (Fsp3) is 0.375. The van der Waals surface area contributed by atoms with E-state index in [2.05, 4.69) is 22.9 Å². The maximum absolute atomic E-state index is 6.10. The van der Waals surface area contributed by atoms with Crippen LogP contribution in [-0.4, -0.2) is 38.2 Å². The van der Waals surface area contributed by atoms with Gasteiger partial charge in [0.25, 0.3) is 0 Å². The Bertz CT molecular complexity index is 510. The summed E-state index contributed by atoms with van der Waals surface area (Å²) in [7, 11) is 1.67. The Morgan fingerprint density at radius 1 is 1.48 bits per heavy atom. The molecule has 2 rings (SSSR count). The van der Waals surface area contributed by atoms with E-state index in [1.807, 2.05) is 23.6 Å². The fourth-order valence-corrected chi connectivity index (χ4v) is 2.89. The van der Waals surface area contributed by atoms with Crippen LogP contribution < -0.4 is 15.8 Å². The molecule has 1 fully saturated rings. The Balaban J connectivity index is 1.86. The van der Waals surface area contributed by atoms with Crippen molar-refractivity contribution in [1.82, 2.24) is 10.2 Å². The van der Waals surface area contributed by atoms with Gasteiger partial charge in [0, 0.05) is 38.3 Å².